The van der Waals surface area contributed by atoms with E-state index in [1.165, 1.54) is 5.41 Å². The van der Waals surface area contributed by atoms with Gasteiger partial charge in [0.2, 0.25) is 0 Å². The van der Waals surface area contributed by atoms with Gasteiger partial charge in [-0.1, -0.05) is 6.08 Å². The molecule has 0 spiro atoms. The van der Waals surface area contributed by atoms with Crippen LogP contribution in [0.5, 0.6) is 0 Å². The zero-order valence-corrected chi connectivity index (χ0v) is 8.33. The topological polar surface area (TPSA) is 60.2 Å². The molecule has 1 atom stereocenters. The van der Waals surface area contributed by atoms with Crippen LogP contribution in [-0.2, 0) is 9.84 Å². The van der Waals surface area contributed by atoms with Crippen LogP contribution in [-0.4, -0.2) is 19.7 Å². The van der Waals surface area contributed by atoms with Crippen molar-refractivity contribution in [2.75, 3.05) is 0 Å². The van der Waals surface area contributed by atoms with Gasteiger partial charge in [-0.15, -0.1) is 0 Å². The van der Waals surface area contributed by atoms with Crippen LogP contribution in [0.2, 0.25) is 0 Å². The molecule has 0 heterocycles. The molecule has 4 heteroatoms. The van der Waals surface area contributed by atoms with Crippen LogP contribution in [0.4, 0.5) is 0 Å². The van der Waals surface area contributed by atoms with E-state index in [9.17, 15) is 8.42 Å². The fourth-order valence-corrected chi connectivity index (χ4v) is 2.76. The highest BCUT2D eigenvalue weighted by Gasteiger charge is 2.34. The summed E-state index contributed by atoms with van der Waals surface area (Å²) in [6.07, 6.45) is 5.60. The molecule has 2 fully saturated rings. The molecule has 0 aromatic rings. The van der Waals surface area contributed by atoms with E-state index < -0.39 is 9.84 Å². The molecule has 2 aliphatic carbocycles. The van der Waals surface area contributed by atoms with Gasteiger partial charge in [-0.05, 0) is 31.6 Å². The van der Waals surface area contributed by atoms with Crippen LogP contribution in [0.3, 0.4) is 0 Å². The van der Waals surface area contributed by atoms with E-state index in [4.69, 9.17) is 5.73 Å². The van der Waals surface area contributed by atoms with E-state index in [0.717, 1.165) is 25.7 Å². The largest absolute Gasteiger partial charge is 0.324 e. The van der Waals surface area contributed by atoms with Gasteiger partial charge >= 0.3 is 0 Å². The van der Waals surface area contributed by atoms with Crippen LogP contribution in [0.25, 0.3) is 0 Å². The molecule has 0 aliphatic heterocycles. The molecule has 74 valence electrons. The molecule has 2 N–H and O–H groups in total. The SMILES string of the molecule is N[C@H](/C=C/S(=O)(=O)C1CC1)C1CC1. The molecular weight excluding hydrogens is 186 g/mol. The van der Waals surface area contributed by atoms with Crippen molar-refractivity contribution in [3.05, 3.63) is 11.5 Å². The van der Waals surface area contributed by atoms with Gasteiger partial charge in [0.25, 0.3) is 0 Å². The monoisotopic (exact) mass is 201 g/mol. The van der Waals surface area contributed by atoms with Gasteiger partial charge in [-0.25, -0.2) is 8.42 Å². The number of hydrogen-bond acceptors (Lipinski definition) is 3. The lowest BCUT2D eigenvalue weighted by Gasteiger charge is -2.02. The summed E-state index contributed by atoms with van der Waals surface area (Å²) in [6, 6.07) is -0.0477. The highest BCUT2D eigenvalue weighted by atomic mass is 32.2. The minimum atomic E-state index is -2.95. The molecule has 0 bridgehead atoms. The molecule has 2 rings (SSSR count). The smallest absolute Gasteiger partial charge is 0.174 e. The van der Waals surface area contributed by atoms with E-state index >= 15 is 0 Å². The molecule has 0 radical (unpaired) electrons. The number of hydrogen-bond donors (Lipinski definition) is 1. The second-order valence-corrected chi connectivity index (χ2v) is 6.15. The number of sulfone groups is 1. The summed E-state index contributed by atoms with van der Waals surface area (Å²) in [4.78, 5) is 0. The maximum Gasteiger partial charge on any atom is 0.174 e. The van der Waals surface area contributed by atoms with Gasteiger partial charge in [-0.3, -0.25) is 0 Å². The minimum absolute atomic E-state index is 0.0477. The van der Waals surface area contributed by atoms with Crippen molar-refractivity contribution in [2.24, 2.45) is 11.7 Å². The lowest BCUT2D eigenvalue weighted by molar-refractivity contribution is 0.602. The maximum atomic E-state index is 11.4. The van der Waals surface area contributed by atoms with Crippen LogP contribution in [0, 0.1) is 5.92 Å². The zero-order chi connectivity index (χ0) is 9.47. The molecule has 13 heavy (non-hydrogen) atoms. The van der Waals surface area contributed by atoms with Crippen LogP contribution >= 0.6 is 0 Å². The summed E-state index contributed by atoms with van der Waals surface area (Å²) in [7, 11) is -2.95. The van der Waals surface area contributed by atoms with Crippen molar-refractivity contribution in [3.8, 4) is 0 Å². The Morgan fingerprint density at radius 2 is 1.85 bits per heavy atom. The van der Waals surface area contributed by atoms with Gasteiger partial charge < -0.3 is 5.73 Å². The molecule has 2 aliphatic rings. The van der Waals surface area contributed by atoms with Crippen molar-refractivity contribution in [1.82, 2.24) is 0 Å². The van der Waals surface area contributed by atoms with Crippen molar-refractivity contribution in [2.45, 2.75) is 37.0 Å². The normalized spacial score (nSPS) is 26.5. The van der Waals surface area contributed by atoms with E-state index in [0.29, 0.717) is 5.92 Å². The van der Waals surface area contributed by atoms with Crippen LogP contribution < -0.4 is 5.73 Å². The summed E-state index contributed by atoms with van der Waals surface area (Å²) in [5.41, 5.74) is 5.76. The van der Waals surface area contributed by atoms with E-state index in [-0.39, 0.29) is 11.3 Å². The highest BCUT2D eigenvalue weighted by Crippen LogP contribution is 2.33. The Kier molecular flexibility index (Phi) is 2.20. The summed E-state index contributed by atoms with van der Waals surface area (Å²) in [5, 5.41) is 1.23. The summed E-state index contributed by atoms with van der Waals surface area (Å²) >= 11 is 0. The molecule has 0 aromatic heterocycles. The van der Waals surface area contributed by atoms with E-state index in [1.54, 1.807) is 6.08 Å². The molecule has 0 aromatic carbocycles. The third kappa shape index (κ3) is 2.31. The first-order valence-electron chi connectivity index (χ1n) is 4.77. The van der Waals surface area contributed by atoms with Gasteiger partial charge in [0.15, 0.2) is 9.84 Å². The average molecular weight is 201 g/mol. The van der Waals surface area contributed by atoms with Crippen molar-refractivity contribution >= 4 is 9.84 Å². The maximum absolute atomic E-state index is 11.4. The predicted molar refractivity (Wildman–Crippen MR) is 51.8 cm³/mol. The Bertz CT molecular complexity index is 313. The Hall–Kier alpha value is -0.350. The number of nitrogens with two attached hydrogens (primary N) is 1. The lowest BCUT2D eigenvalue weighted by atomic mass is 10.2. The summed E-state index contributed by atoms with van der Waals surface area (Å²) in [6.45, 7) is 0. The van der Waals surface area contributed by atoms with Gasteiger partial charge in [-0.2, -0.15) is 0 Å². The summed E-state index contributed by atoms with van der Waals surface area (Å²) < 4.78 is 22.8. The second-order valence-electron chi connectivity index (χ2n) is 4.03. The van der Waals surface area contributed by atoms with Crippen molar-refractivity contribution in [3.63, 3.8) is 0 Å². The van der Waals surface area contributed by atoms with Crippen LogP contribution in [0.1, 0.15) is 25.7 Å². The first-order chi connectivity index (χ1) is 6.09. The molecule has 2 saturated carbocycles. The van der Waals surface area contributed by atoms with Gasteiger partial charge in [0.05, 0.1) is 5.25 Å². The van der Waals surface area contributed by atoms with Gasteiger partial charge in [0.1, 0.15) is 0 Å². The minimum Gasteiger partial charge on any atom is -0.324 e. The van der Waals surface area contributed by atoms with Crippen LogP contribution in [0.15, 0.2) is 11.5 Å². The Morgan fingerprint density at radius 1 is 1.23 bits per heavy atom. The molecule has 0 unspecified atom stereocenters. The van der Waals surface area contributed by atoms with Gasteiger partial charge in [0, 0.05) is 11.4 Å². The fourth-order valence-electron chi connectivity index (χ4n) is 1.35. The highest BCUT2D eigenvalue weighted by molar-refractivity contribution is 7.95. The molecular formula is C9H15NO2S. The predicted octanol–water partition coefficient (Wildman–Crippen LogP) is 0.815. The Labute approximate surface area is 78.9 Å². The van der Waals surface area contributed by atoms with E-state index in [2.05, 4.69) is 0 Å². The Balaban J connectivity index is 1.94. The van der Waals surface area contributed by atoms with Crippen molar-refractivity contribution in [1.29, 1.82) is 0 Å². The molecule has 3 nitrogen and oxygen atoms in total. The number of rotatable bonds is 4. The fraction of sp³-hybridized carbons (Fsp3) is 0.778. The standard InChI is InChI=1S/C9H15NO2S/c10-9(7-1-2-7)5-6-13(11,12)8-3-4-8/h5-9H,1-4,10H2/b6-5+/t9-/m1/s1. The van der Waals surface area contributed by atoms with E-state index in [1.807, 2.05) is 0 Å². The van der Waals surface area contributed by atoms with Crippen molar-refractivity contribution < 1.29 is 8.42 Å². The first kappa shape index (κ1) is 9.21. The first-order valence-corrected chi connectivity index (χ1v) is 6.38. The lowest BCUT2D eigenvalue weighted by Crippen LogP contribution is -2.19. The third-order valence-corrected chi connectivity index (χ3v) is 4.58. The second kappa shape index (κ2) is 3.10. The zero-order valence-electron chi connectivity index (χ0n) is 7.52. The third-order valence-electron chi connectivity index (χ3n) is 2.65. The Morgan fingerprint density at radius 3 is 2.31 bits per heavy atom. The quantitative estimate of drug-likeness (QED) is 0.732. The summed E-state index contributed by atoms with van der Waals surface area (Å²) in [5.74, 6) is 0.533. The molecule has 0 amide bonds. The average Bonchev–Trinajstić information content (AvgIpc) is 2.89. The molecule has 0 saturated heterocycles.